The number of ether oxygens (including phenoxy) is 1. The monoisotopic (exact) mass is 441 g/mol. The third-order valence-corrected chi connectivity index (χ3v) is 4.98. The number of anilines is 1. The van der Waals surface area contributed by atoms with Gasteiger partial charge in [0.1, 0.15) is 11.7 Å². The fraction of sp³-hybridized carbons (Fsp3) is 0.143. The number of rotatable bonds is 5. The van der Waals surface area contributed by atoms with Crippen molar-refractivity contribution in [3.8, 4) is 11.6 Å². The fourth-order valence-corrected chi connectivity index (χ4v) is 3.62. The second kappa shape index (κ2) is 8.30. The van der Waals surface area contributed by atoms with Gasteiger partial charge in [-0.05, 0) is 49.2 Å². The number of benzene rings is 2. The number of hydrogen-bond acceptors (Lipinski definition) is 5. The summed E-state index contributed by atoms with van der Waals surface area (Å²) in [5, 5.41) is 8.36. The predicted molar refractivity (Wildman–Crippen MR) is 117 cm³/mol. The Morgan fingerprint density at radius 1 is 1.10 bits per heavy atom. The van der Waals surface area contributed by atoms with Gasteiger partial charge >= 0.3 is 0 Å². The molecule has 2 aromatic heterocycles. The molecule has 0 atom stereocenters. The quantitative estimate of drug-likeness (QED) is 0.482. The molecule has 4 rings (SSSR count). The number of nitrogens with zero attached hydrogens (tertiary/aromatic N) is 4. The lowest BCUT2D eigenvalue weighted by Crippen LogP contribution is -2.21. The van der Waals surface area contributed by atoms with Gasteiger partial charge in [0.15, 0.2) is 12.3 Å². The Labute approximate surface area is 182 Å². The van der Waals surface area contributed by atoms with Gasteiger partial charge in [-0.1, -0.05) is 35.3 Å². The number of para-hydroxylation sites is 1. The third-order valence-electron chi connectivity index (χ3n) is 4.35. The van der Waals surface area contributed by atoms with Crippen LogP contribution in [0.15, 0.2) is 48.9 Å². The number of carbonyl (C=O) groups excluding carboxylic acids is 1. The van der Waals surface area contributed by atoms with Gasteiger partial charge in [0.25, 0.3) is 5.91 Å². The molecule has 0 saturated heterocycles. The van der Waals surface area contributed by atoms with Crippen molar-refractivity contribution in [1.82, 2.24) is 19.7 Å². The number of halogens is 2. The average molecular weight is 442 g/mol. The number of aryl methyl sites for hydroxylation is 2. The molecule has 0 spiro atoms. The van der Waals surface area contributed by atoms with Gasteiger partial charge in [-0.25, -0.2) is 14.6 Å². The summed E-state index contributed by atoms with van der Waals surface area (Å²) in [6, 6.07) is 11.1. The molecule has 30 heavy (non-hydrogen) atoms. The normalized spacial score (nSPS) is 10.9. The lowest BCUT2D eigenvalue weighted by Gasteiger charge is -2.10. The van der Waals surface area contributed by atoms with Crippen molar-refractivity contribution in [2.45, 2.75) is 13.8 Å². The Morgan fingerprint density at radius 3 is 2.50 bits per heavy atom. The zero-order valence-corrected chi connectivity index (χ0v) is 17.7. The highest BCUT2D eigenvalue weighted by Gasteiger charge is 2.15. The van der Waals surface area contributed by atoms with Crippen molar-refractivity contribution >= 4 is 45.8 Å². The molecule has 2 aromatic carbocycles. The molecule has 0 aliphatic heterocycles. The lowest BCUT2D eigenvalue weighted by molar-refractivity contribution is -0.118. The third kappa shape index (κ3) is 4.08. The van der Waals surface area contributed by atoms with Crippen LogP contribution in [0.1, 0.15) is 11.1 Å². The molecule has 9 heteroatoms. The van der Waals surface area contributed by atoms with E-state index in [2.05, 4.69) is 26.4 Å². The Hall–Kier alpha value is -3.16. The maximum absolute atomic E-state index is 12.3. The van der Waals surface area contributed by atoms with Crippen molar-refractivity contribution in [1.29, 1.82) is 0 Å². The average Bonchev–Trinajstić information content (AvgIpc) is 3.13. The fourth-order valence-electron chi connectivity index (χ4n) is 3.13. The van der Waals surface area contributed by atoms with Crippen LogP contribution < -0.4 is 10.1 Å². The number of amides is 1. The van der Waals surface area contributed by atoms with Crippen molar-refractivity contribution in [3.05, 3.63) is 70.1 Å². The molecule has 0 fully saturated rings. The van der Waals surface area contributed by atoms with Gasteiger partial charge in [0, 0.05) is 0 Å². The van der Waals surface area contributed by atoms with Gasteiger partial charge in [-0.15, -0.1) is 0 Å². The van der Waals surface area contributed by atoms with E-state index in [1.54, 1.807) is 29.1 Å². The molecule has 0 radical (unpaired) electrons. The maximum atomic E-state index is 12.3. The second-order valence-corrected chi connectivity index (χ2v) is 7.57. The van der Waals surface area contributed by atoms with E-state index < -0.39 is 5.91 Å². The summed E-state index contributed by atoms with van der Waals surface area (Å²) >= 11 is 12.2. The molecule has 0 saturated carbocycles. The van der Waals surface area contributed by atoms with E-state index in [-0.39, 0.29) is 12.5 Å². The summed E-state index contributed by atoms with van der Waals surface area (Å²) in [5.74, 6) is -0.158. The summed E-state index contributed by atoms with van der Waals surface area (Å²) in [6.45, 7) is 3.77. The summed E-state index contributed by atoms with van der Waals surface area (Å²) in [4.78, 5) is 20.8. The van der Waals surface area contributed by atoms with Gasteiger partial charge in [-0.3, -0.25) is 4.79 Å². The molecule has 7 nitrogen and oxygen atoms in total. The van der Waals surface area contributed by atoms with Crippen LogP contribution in [0.3, 0.4) is 0 Å². The van der Waals surface area contributed by atoms with Gasteiger partial charge in [0.05, 0.1) is 27.6 Å². The van der Waals surface area contributed by atoms with Crippen molar-refractivity contribution < 1.29 is 9.53 Å². The molecular formula is C21H17Cl2N5O2. The lowest BCUT2D eigenvalue weighted by atomic mass is 10.1. The van der Waals surface area contributed by atoms with Crippen molar-refractivity contribution in [2.24, 2.45) is 0 Å². The van der Waals surface area contributed by atoms with Crippen LogP contribution in [0, 0.1) is 13.8 Å². The summed E-state index contributed by atoms with van der Waals surface area (Å²) in [7, 11) is 0. The zero-order chi connectivity index (χ0) is 21.3. The molecule has 4 aromatic rings. The first-order valence-corrected chi connectivity index (χ1v) is 9.82. The van der Waals surface area contributed by atoms with E-state index in [1.165, 1.54) is 6.33 Å². The largest absolute Gasteiger partial charge is 0.467 e. The highest BCUT2D eigenvalue weighted by Crippen LogP contribution is 2.30. The van der Waals surface area contributed by atoms with E-state index in [0.29, 0.717) is 26.8 Å². The van der Waals surface area contributed by atoms with Gasteiger partial charge < -0.3 is 10.1 Å². The van der Waals surface area contributed by atoms with Crippen molar-refractivity contribution in [3.63, 3.8) is 0 Å². The SMILES string of the molecule is Cc1cc(C)cc(-n2ncc3c(OCC(=O)Nc4c(Cl)cccc4Cl)ncnc32)c1. The Balaban J connectivity index is 1.55. The van der Waals surface area contributed by atoms with E-state index >= 15 is 0 Å². The van der Waals surface area contributed by atoms with E-state index in [4.69, 9.17) is 27.9 Å². The molecule has 152 valence electrons. The number of carbonyl (C=O) groups is 1. The molecular weight excluding hydrogens is 425 g/mol. The zero-order valence-electron chi connectivity index (χ0n) is 16.2. The highest BCUT2D eigenvalue weighted by atomic mass is 35.5. The number of hydrogen-bond donors (Lipinski definition) is 1. The van der Waals surface area contributed by atoms with Crippen LogP contribution in [-0.2, 0) is 4.79 Å². The van der Waals surface area contributed by atoms with E-state index in [9.17, 15) is 4.79 Å². The first-order chi connectivity index (χ1) is 14.4. The minimum Gasteiger partial charge on any atom is -0.467 e. The number of fused-ring (bicyclic) bond motifs is 1. The van der Waals surface area contributed by atoms with Crippen molar-refractivity contribution in [2.75, 3.05) is 11.9 Å². The maximum Gasteiger partial charge on any atom is 0.262 e. The number of nitrogens with one attached hydrogen (secondary N) is 1. The molecule has 1 N–H and O–H groups in total. The van der Waals surface area contributed by atoms with Crippen LogP contribution >= 0.6 is 23.2 Å². The van der Waals surface area contributed by atoms with E-state index in [0.717, 1.165) is 16.8 Å². The Bertz CT molecular complexity index is 1220. The summed E-state index contributed by atoms with van der Waals surface area (Å²) < 4.78 is 7.34. The summed E-state index contributed by atoms with van der Waals surface area (Å²) in [5.41, 5.74) is 4.05. The highest BCUT2D eigenvalue weighted by molar-refractivity contribution is 6.39. The van der Waals surface area contributed by atoms with Crippen LogP contribution in [0.25, 0.3) is 16.7 Å². The molecule has 0 bridgehead atoms. The molecule has 0 aliphatic carbocycles. The molecule has 2 heterocycles. The second-order valence-electron chi connectivity index (χ2n) is 6.75. The molecule has 0 unspecified atom stereocenters. The van der Waals surface area contributed by atoms with Crippen LogP contribution in [0.2, 0.25) is 10.0 Å². The molecule has 0 aliphatic rings. The van der Waals surface area contributed by atoms with Crippen LogP contribution in [0.4, 0.5) is 5.69 Å². The molecule has 1 amide bonds. The standard InChI is InChI=1S/C21H17Cl2N5O2/c1-12-6-13(2)8-14(7-12)28-20-15(9-26-28)21(25-11-24-20)30-10-18(29)27-19-16(22)4-3-5-17(19)23/h3-9,11H,10H2,1-2H3,(H,27,29). The first kappa shape index (κ1) is 20.1. The van der Waals surface area contributed by atoms with Gasteiger partial charge in [0.2, 0.25) is 5.88 Å². The number of aromatic nitrogens is 4. The minimum absolute atomic E-state index is 0.260. The summed E-state index contributed by atoms with van der Waals surface area (Å²) in [6.07, 6.45) is 2.99. The predicted octanol–water partition coefficient (Wildman–Crippen LogP) is 4.76. The first-order valence-electron chi connectivity index (χ1n) is 9.06. The van der Waals surface area contributed by atoms with Crippen LogP contribution in [-0.4, -0.2) is 32.3 Å². The Kier molecular flexibility index (Phi) is 5.57. The minimum atomic E-state index is -0.418. The van der Waals surface area contributed by atoms with Crippen LogP contribution in [0.5, 0.6) is 5.88 Å². The topological polar surface area (TPSA) is 81.9 Å². The smallest absolute Gasteiger partial charge is 0.262 e. The van der Waals surface area contributed by atoms with Gasteiger partial charge in [-0.2, -0.15) is 5.10 Å². The van der Waals surface area contributed by atoms with E-state index in [1.807, 2.05) is 26.0 Å². The Morgan fingerprint density at radius 2 is 1.80 bits per heavy atom.